The van der Waals surface area contributed by atoms with E-state index >= 15 is 0 Å². The summed E-state index contributed by atoms with van der Waals surface area (Å²) in [6.45, 7) is 3.02. The Labute approximate surface area is 101 Å². The van der Waals surface area contributed by atoms with Crippen LogP contribution in [0.3, 0.4) is 0 Å². The van der Waals surface area contributed by atoms with Crippen LogP contribution in [0.1, 0.15) is 17.9 Å². The Hall–Kier alpha value is -1.68. The molecule has 0 unspecified atom stereocenters. The summed E-state index contributed by atoms with van der Waals surface area (Å²) in [5.41, 5.74) is 2.20. The van der Waals surface area contributed by atoms with Crippen LogP contribution in [0, 0.1) is 6.92 Å². The molecule has 1 N–H and O–H groups in total. The Morgan fingerprint density at radius 2 is 1.94 bits per heavy atom. The second-order valence-electron chi connectivity index (χ2n) is 4.07. The number of hydrogen-bond donors (Lipinski definition) is 1. The van der Waals surface area contributed by atoms with Crippen LogP contribution >= 0.6 is 0 Å². The smallest absolute Gasteiger partial charge is 0.247 e. The number of aryl methyl sites for hydroxylation is 2. The first-order valence-electron chi connectivity index (χ1n) is 5.83. The molecule has 1 heterocycles. The Bertz CT molecular complexity index is 462. The number of aromatic nitrogens is 2. The van der Waals surface area contributed by atoms with Crippen LogP contribution in [0.2, 0.25) is 0 Å². The fraction of sp³-hybridized carbons (Fsp3) is 0.385. The van der Waals surface area contributed by atoms with E-state index in [0.29, 0.717) is 11.8 Å². The predicted octanol–water partition coefficient (Wildman–Crippen LogP) is 2.20. The summed E-state index contributed by atoms with van der Waals surface area (Å²) < 4.78 is 5.61. The SMILES string of the molecule is CNCCCc1nnc(-c2ccc(C)cc2)o1. The van der Waals surface area contributed by atoms with Gasteiger partial charge in [-0.05, 0) is 39.1 Å². The molecule has 0 fully saturated rings. The van der Waals surface area contributed by atoms with E-state index in [2.05, 4.69) is 22.4 Å². The molecule has 1 aromatic heterocycles. The zero-order valence-corrected chi connectivity index (χ0v) is 10.2. The highest BCUT2D eigenvalue weighted by molar-refractivity contribution is 5.52. The van der Waals surface area contributed by atoms with E-state index in [4.69, 9.17) is 4.42 Å². The predicted molar refractivity (Wildman–Crippen MR) is 66.7 cm³/mol. The summed E-state index contributed by atoms with van der Waals surface area (Å²) in [6, 6.07) is 8.08. The molecule has 4 heteroatoms. The van der Waals surface area contributed by atoms with Gasteiger partial charge in [0.1, 0.15) is 0 Å². The van der Waals surface area contributed by atoms with Gasteiger partial charge >= 0.3 is 0 Å². The highest BCUT2D eigenvalue weighted by Crippen LogP contribution is 2.18. The van der Waals surface area contributed by atoms with Crippen molar-refractivity contribution in [3.63, 3.8) is 0 Å². The molecule has 1 aromatic carbocycles. The fourth-order valence-corrected chi connectivity index (χ4v) is 1.58. The Morgan fingerprint density at radius 1 is 1.18 bits per heavy atom. The van der Waals surface area contributed by atoms with Crippen molar-refractivity contribution < 1.29 is 4.42 Å². The number of nitrogens with zero attached hydrogens (tertiary/aromatic N) is 2. The Balaban J connectivity index is 2.04. The van der Waals surface area contributed by atoms with Gasteiger partial charge in [0.15, 0.2) is 0 Å². The molecule has 17 heavy (non-hydrogen) atoms. The van der Waals surface area contributed by atoms with Crippen LogP contribution in [-0.4, -0.2) is 23.8 Å². The minimum Gasteiger partial charge on any atom is -0.421 e. The summed E-state index contributed by atoms with van der Waals surface area (Å²) in [6.07, 6.45) is 1.83. The van der Waals surface area contributed by atoms with Gasteiger partial charge in [0.25, 0.3) is 0 Å². The van der Waals surface area contributed by atoms with E-state index < -0.39 is 0 Å². The lowest BCUT2D eigenvalue weighted by Crippen LogP contribution is -2.08. The van der Waals surface area contributed by atoms with Crippen LogP contribution in [0.15, 0.2) is 28.7 Å². The van der Waals surface area contributed by atoms with Gasteiger partial charge < -0.3 is 9.73 Å². The molecular formula is C13H17N3O. The molecule has 0 amide bonds. The highest BCUT2D eigenvalue weighted by atomic mass is 16.4. The number of benzene rings is 1. The van der Waals surface area contributed by atoms with Crippen molar-refractivity contribution in [2.45, 2.75) is 19.8 Å². The van der Waals surface area contributed by atoms with Crippen molar-refractivity contribution in [2.24, 2.45) is 0 Å². The van der Waals surface area contributed by atoms with E-state index in [9.17, 15) is 0 Å². The van der Waals surface area contributed by atoms with E-state index in [0.717, 1.165) is 24.9 Å². The van der Waals surface area contributed by atoms with Crippen LogP contribution < -0.4 is 5.32 Å². The fourth-order valence-electron chi connectivity index (χ4n) is 1.58. The average Bonchev–Trinajstić information content (AvgIpc) is 2.79. The van der Waals surface area contributed by atoms with Crippen LogP contribution in [0.4, 0.5) is 0 Å². The molecule has 0 atom stereocenters. The number of hydrogen-bond acceptors (Lipinski definition) is 4. The quantitative estimate of drug-likeness (QED) is 0.801. The van der Waals surface area contributed by atoms with Crippen LogP contribution in [0.25, 0.3) is 11.5 Å². The number of rotatable bonds is 5. The zero-order chi connectivity index (χ0) is 12.1. The molecule has 2 aromatic rings. The molecule has 0 aliphatic rings. The molecule has 0 saturated heterocycles. The van der Waals surface area contributed by atoms with Gasteiger partial charge in [0.05, 0.1) is 0 Å². The van der Waals surface area contributed by atoms with Crippen molar-refractivity contribution >= 4 is 0 Å². The molecule has 90 valence electrons. The molecule has 0 bridgehead atoms. The van der Waals surface area contributed by atoms with Crippen molar-refractivity contribution in [1.29, 1.82) is 0 Å². The zero-order valence-electron chi connectivity index (χ0n) is 10.2. The summed E-state index contributed by atoms with van der Waals surface area (Å²) in [5, 5.41) is 11.2. The number of nitrogens with one attached hydrogen (secondary N) is 1. The van der Waals surface area contributed by atoms with Crippen LogP contribution in [0.5, 0.6) is 0 Å². The molecule has 4 nitrogen and oxygen atoms in total. The van der Waals surface area contributed by atoms with Crippen LogP contribution in [-0.2, 0) is 6.42 Å². The lowest BCUT2D eigenvalue weighted by molar-refractivity contribution is 0.495. The minimum atomic E-state index is 0.601. The monoisotopic (exact) mass is 231 g/mol. The third-order valence-electron chi connectivity index (χ3n) is 2.58. The van der Waals surface area contributed by atoms with Gasteiger partial charge in [-0.2, -0.15) is 0 Å². The Morgan fingerprint density at radius 3 is 2.65 bits per heavy atom. The summed E-state index contributed by atoms with van der Waals surface area (Å²) in [5.74, 6) is 1.31. The summed E-state index contributed by atoms with van der Waals surface area (Å²) >= 11 is 0. The van der Waals surface area contributed by atoms with Gasteiger partial charge in [-0.15, -0.1) is 10.2 Å². The van der Waals surface area contributed by atoms with Gasteiger partial charge in [-0.25, -0.2) is 0 Å². The third kappa shape index (κ3) is 3.14. The summed E-state index contributed by atoms with van der Waals surface area (Å²) in [4.78, 5) is 0. The molecular weight excluding hydrogens is 214 g/mol. The van der Waals surface area contributed by atoms with E-state index in [1.54, 1.807) is 0 Å². The maximum absolute atomic E-state index is 5.61. The first kappa shape index (κ1) is 11.8. The van der Waals surface area contributed by atoms with Gasteiger partial charge in [0, 0.05) is 12.0 Å². The first-order chi connectivity index (χ1) is 8.29. The van der Waals surface area contributed by atoms with E-state index in [1.165, 1.54) is 5.56 Å². The normalized spacial score (nSPS) is 10.7. The molecule has 0 aliphatic carbocycles. The second kappa shape index (κ2) is 5.59. The molecule has 0 radical (unpaired) electrons. The van der Waals surface area contributed by atoms with Crippen molar-refractivity contribution in [2.75, 3.05) is 13.6 Å². The van der Waals surface area contributed by atoms with Gasteiger partial charge in [-0.1, -0.05) is 17.7 Å². The van der Waals surface area contributed by atoms with Crippen molar-refractivity contribution in [3.05, 3.63) is 35.7 Å². The van der Waals surface area contributed by atoms with E-state index in [-0.39, 0.29) is 0 Å². The Kier molecular flexibility index (Phi) is 3.88. The lowest BCUT2D eigenvalue weighted by Gasteiger charge is -1.96. The topological polar surface area (TPSA) is 51.0 Å². The summed E-state index contributed by atoms with van der Waals surface area (Å²) in [7, 11) is 1.94. The molecule has 0 saturated carbocycles. The largest absolute Gasteiger partial charge is 0.421 e. The lowest BCUT2D eigenvalue weighted by atomic mass is 10.1. The second-order valence-corrected chi connectivity index (χ2v) is 4.07. The van der Waals surface area contributed by atoms with Gasteiger partial charge in [0.2, 0.25) is 11.8 Å². The molecule has 0 aliphatic heterocycles. The van der Waals surface area contributed by atoms with Gasteiger partial charge in [-0.3, -0.25) is 0 Å². The maximum Gasteiger partial charge on any atom is 0.247 e. The highest BCUT2D eigenvalue weighted by Gasteiger charge is 2.07. The van der Waals surface area contributed by atoms with Crippen molar-refractivity contribution in [3.8, 4) is 11.5 Å². The third-order valence-corrected chi connectivity index (χ3v) is 2.58. The minimum absolute atomic E-state index is 0.601. The standard InChI is InChI=1S/C13H17N3O/c1-10-5-7-11(8-6-10)13-16-15-12(17-13)4-3-9-14-2/h5-8,14H,3-4,9H2,1-2H3. The molecule has 0 spiro atoms. The first-order valence-corrected chi connectivity index (χ1v) is 5.83. The average molecular weight is 231 g/mol. The molecule has 2 rings (SSSR count). The van der Waals surface area contributed by atoms with Crippen molar-refractivity contribution in [1.82, 2.24) is 15.5 Å². The van der Waals surface area contributed by atoms with E-state index in [1.807, 2.05) is 31.3 Å². The maximum atomic E-state index is 5.61.